The molecule has 11 heteroatoms. The highest BCUT2D eigenvalue weighted by Crippen LogP contribution is 2.36. The standard InChI is InChI=1S/C27H23Cl2FN4O3S/c1-31-15-16-10-19(28)14-21(11-16)36-26-22(29)7-6-17(25(26)30)13-24-33-34-27(37-24)18-4-3-5-20(12-18)32-23(35)8-9-38-2/h3-7,10-12,14H,1,8-9,13,15H2,2H3,(H,32,35). The Morgan fingerprint density at radius 1 is 1.18 bits per heavy atom. The maximum absolute atomic E-state index is 15.4. The predicted octanol–water partition coefficient (Wildman–Crippen LogP) is 7.46. The molecule has 1 N–H and O–H groups in total. The number of halogens is 3. The molecule has 0 fully saturated rings. The van der Waals surface area contributed by atoms with Gasteiger partial charge < -0.3 is 14.5 Å². The Bertz CT molecular complexity index is 1460. The van der Waals surface area contributed by atoms with Crippen LogP contribution in [0.1, 0.15) is 23.4 Å². The molecule has 3 aromatic carbocycles. The van der Waals surface area contributed by atoms with Crippen molar-refractivity contribution in [2.45, 2.75) is 19.4 Å². The van der Waals surface area contributed by atoms with E-state index in [4.69, 9.17) is 32.4 Å². The van der Waals surface area contributed by atoms with E-state index in [0.717, 1.165) is 11.3 Å². The third-order valence-electron chi connectivity index (χ3n) is 5.31. The fourth-order valence-electron chi connectivity index (χ4n) is 3.57. The van der Waals surface area contributed by atoms with Gasteiger partial charge in [0, 0.05) is 34.0 Å². The van der Waals surface area contributed by atoms with E-state index in [-0.39, 0.29) is 40.4 Å². The highest BCUT2D eigenvalue weighted by atomic mass is 35.5. The zero-order chi connectivity index (χ0) is 27.1. The van der Waals surface area contributed by atoms with Gasteiger partial charge in [-0.15, -0.1) is 10.2 Å². The van der Waals surface area contributed by atoms with Gasteiger partial charge in [-0.2, -0.15) is 11.8 Å². The van der Waals surface area contributed by atoms with Crippen LogP contribution in [0.15, 0.2) is 64.0 Å². The summed E-state index contributed by atoms with van der Waals surface area (Å²) in [5, 5.41) is 11.5. The van der Waals surface area contributed by atoms with Gasteiger partial charge in [0.25, 0.3) is 0 Å². The number of nitrogens with zero attached hydrogens (tertiary/aromatic N) is 3. The quantitative estimate of drug-likeness (QED) is 0.188. The van der Waals surface area contributed by atoms with E-state index in [1.54, 1.807) is 54.2 Å². The molecule has 0 saturated heterocycles. The number of amides is 1. The fraction of sp³-hybridized carbons (Fsp3) is 0.185. The summed E-state index contributed by atoms with van der Waals surface area (Å²) in [4.78, 5) is 15.9. The molecule has 1 aromatic heterocycles. The first-order valence-corrected chi connectivity index (χ1v) is 13.6. The van der Waals surface area contributed by atoms with Gasteiger partial charge in [0.05, 0.1) is 18.0 Å². The zero-order valence-corrected chi connectivity index (χ0v) is 22.7. The molecule has 0 aliphatic carbocycles. The van der Waals surface area contributed by atoms with Crippen LogP contribution in [0.2, 0.25) is 10.0 Å². The number of anilines is 1. The number of carbonyl (C=O) groups excluding carboxylic acids is 1. The highest BCUT2D eigenvalue weighted by molar-refractivity contribution is 7.98. The van der Waals surface area contributed by atoms with Crippen molar-refractivity contribution < 1.29 is 18.3 Å². The molecule has 0 aliphatic rings. The van der Waals surface area contributed by atoms with Crippen molar-refractivity contribution in [2.75, 3.05) is 17.3 Å². The van der Waals surface area contributed by atoms with Crippen LogP contribution in [0.4, 0.5) is 10.1 Å². The van der Waals surface area contributed by atoms with Crippen molar-refractivity contribution in [3.63, 3.8) is 0 Å². The van der Waals surface area contributed by atoms with E-state index in [2.05, 4.69) is 27.2 Å². The lowest BCUT2D eigenvalue weighted by molar-refractivity contribution is -0.115. The lowest BCUT2D eigenvalue weighted by Crippen LogP contribution is -2.12. The van der Waals surface area contributed by atoms with E-state index in [1.165, 1.54) is 12.1 Å². The summed E-state index contributed by atoms with van der Waals surface area (Å²) in [5.41, 5.74) is 2.26. The summed E-state index contributed by atoms with van der Waals surface area (Å²) in [7, 11) is 0. The lowest BCUT2D eigenvalue weighted by atomic mass is 10.1. The van der Waals surface area contributed by atoms with Gasteiger partial charge in [-0.05, 0) is 61.0 Å². The number of benzene rings is 3. The van der Waals surface area contributed by atoms with Crippen LogP contribution in [-0.4, -0.2) is 34.8 Å². The molecule has 196 valence electrons. The van der Waals surface area contributed by atoms with Gasteiger partial charge in [-0.1, -0.05) is 35.3 Å². The van der Waals surface area contributed by atoms with E-state index in [9.17, 15) is 4.79 Å². The van der Waals surface area contributed by atoms with Gasteiger partial charge in [0.1, 0.15) is 5.75 Å². The number of aliphatic imine (C=N–C) groups is 1. The van der Waals surface area contributed by atoms with Crippen molar-refractivity contribution in [2.24, 2.45) is 4.99 Å². The van der Waals surface area contributed by atoms with Crippen LogP contribution in [0, 0.1) is 5.82 Å². The number of rotatable bonds is 11. The lowest BCUT2D eigenvalue weighted by Gasteiger charge is -2.12. The number of carbonyl (C=O) groups is 1. The molecular weight excluding hydrogens is 550 g/mol. The molecule has 0 aliphatic heterocycles. The molecule has 38 heavy (non-hydrogen) atoms. The number of hydrogen-bond acceptors (Lipinski definition) is 7. The second-order valence-electron chi connectivity index (χ2n) is 8.18. The van der Waals surface area contributed by atoms with Crippen LogP contribution >= 0.6 is 35.0 Å². The summed E-state index contributed by atoms with van der Waals surface area (Å²) >= 11 is 14.0. The fourth-order valence-corrected chi connectivity index (χ4v) is 4.40. The second-order valence-corrected chi connectivity index (χ2v) is 10.0. The Hall–Kier alpha value is -3.40. The van der Waals surface area contributed by atoms with Gasteiger partial charge in [0.15, 0.2) is 11.6 Å². The van der Waals surface area contributed by atoms with Crippen molar-refractivity contribution in [1.82, 2.24) is 10.2 Å². The second kappa shape index (κ2) is 12.9. The number of ether oxygens (including phenoxy) is 1. The number of aromatic nitrogens is 2. The third-order valence-corrected chi connectivity index (χ3v) is 6.44. The highest BCUT2D eigenvalue weighted by Gasteiger charge is 2.19. The minimum Gasteiger partial charge on any atom is -0.453 e. The van der Waals surface area contributed by atoms with Gasteiger partial charge >= 0.3 is 0 Å². The molecule has 4 rings (SSSR count). The first kappa shape index (κ1) is 27.6. The normalized spacial score (nSPS) is 10.8. The van der Waals surface area contributed by atoms with Crippen LogP contribution in [0.25, 0.3) is 11.5 Å². The smallest absolute Gasteiger partial charge is 0.247 e. The first-order valence-electron chi connectivity index (χ1n) is 11.4. The van der Waals surface area contributed by atoms with E-state index < -0.39 is 5.82 Å². The molecule has 1 heterocycles. The topological polar surface area (TPSA) is 89.6 Å². The van der Waals surface area contributed by atoms with Crippen LogP contribution in [0.3, 0.4) is 0 Å². The zero-order valence-electron chi connectivity index (χ0n) is 20.3. The van der Waals surface area contributed by atoms with Crippen LogP contribution in [-0.2, 0) is 17.8 Å². The van der Waals surface area contributed by atoms with Gasteiger partial charge in [0.2, 0.25) is 17.7 Å². The summed E-state index contributed by atoms with van der Waals surface area (Å²) in [5.74, 6) is 0.612. The molecule has 0 radical (unpaired) electrons. The predicted molar refractivity (Wildman–Crippen MR) is 150 cm³/mol. The SMILES string of the molecule is C=NCc1cc(Cl)cc(Oc2c(Cl)ccc(Cc3nnc(-c4cccc(NC(=O)CCSC)c4)o3)c2F)c1. The molecule has 7 nitrogen and oxygen atoms in total. The van der Waals surface area contributed by atoms with E-state index >= 15 is 4.39 Å². The Labute approximate surface area is 233 Å². The van der Waals surface area contributed by atoms with Gasteiger partial charge in [-0.25, -0.2) is 4.39 Å². The number of nitrogens with one attached hydrogen (secondary N) is 1. The molecule has 0 bridgehead atoms. The monoisotopic (exact) mass is 572 g/mol. The largest absolute Gasteiger partial charge is 0.453 e. The summed E-state index contributed by atoms with van der Waals surface area (Å²) in [6, 6.07) is 15.1. The molecule has 1 amide bonds. The number of hydrogen-bond donors (Lipinski definition) is 1. The maximum Gasteiger partial charge on any atom is 0.247 e. The van der Waals surface area contributed by atoms with Crippen molar-refractivity contribution in [3.8, 4) is 23.0 Å². The van der Waals surface area contributed by atoms with E-state index in [0.29, 0.717) is 35.0 Å². The summed E-state index contributed by atoms with van der Waals surface area (Å²) in [6.07, 6.45) is 2.37. The molecule has 0 saturated carbocycles. The average Bonchev–Trinajstić information content (AvgIpc) is 3.36. The van der Waals surface area contributed by atoms with Crippen molar-refractivity contribution in [3.05, 3.63) is 87.5 Å². The minimum absolute atomic E-state index is 0.0126. The maximum atomic E-state index is 15.4. The Kier molecular flexibility index (Phi) is 9.38. The third kappa shape index (κ3) is 7.12. The molecule has 4 aromatic rings. The van der Waals surface area contributed by atoms with Gasteiger partial charge in [-0.3, -0.25) is 9.79 Å². The van der Waals surface area contributed by atoms with Crippen molar-refractivity contribution >= 4 is 53.3 Å². The number of thioether (sulfide) groups is 1. The van der Waals surface area contributed by atoms with Crippen molar-refractivity contribution in [1.29, 1.82) is 0 Å². The summed E-state index contributed by atoms with van der Waals surface area (Å²) in [6.45, 7) is 3.81. The molecule has 0 atom stereocenters. The average molecular weight is 573 g/mol. The Morgan fingerprint density at radius 2 is 2.03 bits per heavy atom. The Balaban J connectivity index is 1.52. The minimum atomic E-state index is -0.657. The molecule has 0 spiro atoms. The molecular formula is C27H23Cl2FN4O3S. The van der Waals surface area contributed by atoms with Crippen LogP contribution in [0.5, 0.6) is 11.5 Å². The molecule has 0 unspecified atom stereocenters. The van der Waals surface area contributed by atoms with E-state index in [1.807, 2.05) is 6.26 Å². The first-order chi connectivity index (χ1) is 18.4. The Morgan fingerprint density at radius 3 is 2.82 bits per heavy atom. The summed E-state index contributed by atoms with van der Waals surface area (Å²) < 4.78 is 27.0. The van der Waals surface area contributed by atoms with Crippen LogP contribution < -0.4 is 10.1 Å².